The van der Waals surface area contributed by atoms with Gasteiger partial charge < -0.3 is 15.1 Å². The predicted octanol–water partition coefficient (Wildman–Crippen LogP) is 7.36. The second kappa shape index (κ2) is 11.9. The van der Waals surface area contributed by atoms with E-state index in [4.69, 9.17) is 0 Å². The minimum atomic E-state index is -0.307. The van der Waals surface area contributed by atoms with Gasteiger partial charge in [0.05, 0.1) is 6.54 Å². The molecule has 3 aromatic rings. The van der Waals surface area contributed by atoms with Crippen molar-refractivity contribution in [3.05, 3.63) is 87.4 Å². The molecule has 1 aliphatic carbocycles. The molecule has 1 N–H and O–H groups in total. The number of anilines is 1. The number of hydrogen-bond donors (Lipinski definition) is 1. The summed E-state index contributed by atoms with van der Waals surface area (Å²) < 4.78 is 13.4. The summed E-state index contributed by atoms with van der Waals surface area (Å²) in [5.41, 5.74) is 3.90. The molecule has 0 atom stereocenters. The van der Waals surface area contributed by atoms with Crippen molar-refractivity contribution < 1.29 is 14.0 Å². The molecule has 5 nitrogen and oxygen atoms in total. The Labute approximate surface area is 223 Å². The summed E-state index contributed by atoms with van der Waals surface area (Å²) in [6.07, 6.45) is 1.79. The summed E-state index contributed by atoms with van der Waals surface area (Å²) in [5, 5.41) is 5.17. The Kier molecular flexibility index (Phi) is 8.64. The first-order valence-electron chi connectivity index (χ1n) is 13.0. The van der Waals surface area contributed by atoms with Crippen molar-refractivity contribution in [3.8, 4) is 0 Å². The number of urea groups is 1. The van der Waals surface area contributed by atoms with Gasteiger partial charge in [0.25, 0.3) is 0 Å². The second-order valence-electron chi connectivity index (χ2n) is 10.4. The lowest BCUT2D eigenvalue weighted by Crippen LogP contribution is -2.45. The zero-order chi connectivity index (χ0) is 26.5. The van der Waals surface area contributed by atoms with Crippen LogP contribution in [-0.2, 0) is 17.9 Å². The van der Waals surface area contributed by atoms with Crippen molar-refractivity contribution in [3.63, 3.8) is 0 Å². The number of para-hydroxylation sites is 1. The standard InChI is InChI=1S/C30H36FN3O2S/c1-20(2)26-8-5-9-27(21(3)4)29(26)32-30(36)34(24-14-15-24)19-28(35)33(18-25-7-6-16-37-25)17-22-10-12-23(31)13-11-22/h5-13,16,20-21,24H,14-15,17-19H2,1-4H3,(H,32,36). The van der Waals surface area contributed by atoms with Crippen molar-refractivity contribution in [2.24, 2.45) is 0 Å². The van der Waals surface area contributed by atoms with E-state index in [9.17, 15) is 14.0 Å². The number of nitrogens with one attached hydrogen (secondary N) is 1. The number of rotatable bonds is 10. The summed E-state index contributed by atoms with van der Waals surface area (Å²) in [6, 6.07) is 16.2. The Morgan fingerprint density at radius 1 is 0.946 bits per heavy atom. The Bertz CT molecular complexity index is 1180. The molecular formula is C30H36FN3O2S. The van der Waals surface area contributed by atoms with E-state index in [1.807, 2.05) is 23.6 Å². The molecule has 196 valence electrons. The van der Waals surface area contributed by atoms with Crippen LogP contribution < -0.4 is 5.32 Å². The second-order valence-corrected chi connectivity index (χ2v) is 11.4. The van der Waals surface area contributed by atoms with Gasteiger partial charge in [0.1, 0.15) is 12.4 Å². The fourth-order valence-electron chi connectivity index (χ4n) is 4.51. The molecule has 0 aliphatic heterocycles. The highest BCUT2D eigenvalue weighted by Gasteiger charge is 2.35. The van der Waals surface area contributed by atoms with Gasteiger partial charge in [-0.2, -0.15) is 0 Å². The first-order chi connectivity index (χ1) is 17.7. The van der Waals surface area contributed by atoms with Gasteiger partial charge in [-0.25, -0.2) is 9.18 Å². The Morgan fingerprint density at radius 2 is 1.59 bits per heavy atom. The quantitative estimate of drug-likeness (QED) is 0.303. The summed E-state index contributed by atoms with van der Waals surface area (Å²) >= 11 is 1.59. The van der Waals surface area contributed by atoms with E-state index in [1.54, 1.807) is 33.3 Å². The molecule has 0 bridgehead atoms. The summed E-state index contributed by atoms with van der Waals surface area (Å²) in [4.78, 5) is 31.7. The van der Waals surface area contributed by atoms with Crippen LogP contribution >= 0.6 is 11.3 Å². The molecule has 1 saturated carbocycles. The van der Waals surface area contributed by atoms with Crippen molar-refractivity contribution in [2.75, 3.05) is 11.9 Å². The summed E-state index contributed by atoms with van der Waals surface area (Å²) in [6.45, 7) is 9.28. The van der Waals surface area contributed by atoms with Crippen molar-refractivity contribution in [1.82, 2.24) is 9.80 Å². The molecule has 0 saturated heterocycles. The van der Waals surface area contributed by atoms with E-state index in [2.05, 4.69) is 45.1 Å². The third kappa shape index (κ3) is 6.98. The first-order valence-corrected chi connectivity index (χ1v) is 13.9. The molecule has 1 aromatic heterocycles. The molecule has 3 amide bonds. The Morgan fingerprint density at radius 3 is 2.14 bits per heavy atom. The number of carbonyl (C=O) groups is 2. The SMILES string of the molecule is CC(C)c1cccc(C(C)C)c1NC(=O)N(CC(=O)N(Cc1ccc(F)cc1)Cc1cccs1)C1CC1. The molecule has 1 aliphatic rings. The minimum absolute atomic E-state index is 0.00390. The van der Waals surface area contributed by atoms with Crippen LogP contribution in [0.15, 0.2) is 60.0 Å². The molecule has 0 spiro atoms. The van der Waals surface area contributed by atoms with E-state index in [1.165, 1.54) is 12.1 Å². The number of benzene rings is 2. The van der Waals surface area contributed by atoms with Crippen molar-refractivity contribution in [2.45, 2.75) is 71.5 Å². The fraction of sp³-hybridized carbons (Fsp3) is 0.400. The van der Waals surface area contributed by atoms with Gasteiger partial charge in [-0.3, -0.25) is 4.79 Å². The molecule has 0 unspecified atom stereocenters. The molecule has 1 fully saturated rings. The number of nitrogens with zero attached hydrogens (tertiary/aromatic N) is 2. The van der Waals surface area contributed by atoms with Gasteiger partial charge >= 0.3 is 6.03 Å². The monoisotopic (exact) mass is 521 g/mol. The first kappa shape index (κ1) is 26.9. The van der Waals surface area contributed by atoms with Crippen LogP contribution in [0.5, 0.6) is 0 Å². The average Bonchev–Trinajstić information content (AvgIpc) is 3.58. The predicted molar refractivity (Wildman–Crippen MR) is 148 cm³/mol. The maximum atomic E-state index is 13.6. The zero-order valence-electron chi connectivity index (χ0n) is 22.0. The molecule has 1 heterocycles. The van der Waals surface area contributed by atoms with E-state index in [0.717, 1.165) is 40.1 Å². The third-order valence-electron chi connectivity index (χ3n) is 6.73. The molecule has 7 heteroatoms. The normalized spacial score (nSPS) is 13.2. The number of amides is 3. The van der Waals surface area contributed by atoms with E-state index >= 15 is 0 Å². The summed E-state index contributed by atoms with van der Waals surface area (Å²) in [5.74, 6) is 0.0731. The van der Waals surface area contributed by atoms with Crippen molar-refractivity contribution in [1.29, 1.82) is 0 Å². The minimum Gasteiger partial charge on any atom is -0.332 e. The lowest BCUT2D eigenvalue weighted by Gasteiger charge is -2.29. The van der Waals surface area contributed by atoms with Gasteiger partial charge in [0.2, 0.25) is 5.91 Å². The van der Waals surface area contributed by atoms with Crippen LogP contribution in [0, 0.1) is 5.82 Å². The maximum Gasteiger partial charge on any atom is 0.322 e. The van der Waals surface area contributed by atoms with Crippen LogP contribution in [0.2, 0.25) is 0 Å². The van der Waals surface area contributed by atoms with Crippen LogP contribution in [0.1, 0.15) is 73.9 Å². The number of hydrogen-bond acceptors (Lipinski definition) is 3. The lowest BCUT2D eigenvalue weighted by molar-refractivity contribution is -0.133. The molecule has 4 rings (SSSR count). The topological polar surface area (TPSA) is 52.7 Å². The molecular weight excluding hydrogens is 485 g/mol. The van der Waals surface area contributed by atoms with Gasteiger partial charge in [0.15, 0.2) is 0 Å². The van der Waals surface area contributed by atoms with Crippen LogP contribution in [0.25, 0.3) is 0 Å². The highest BCUT2D eigenvalue weighted by Crippen LogP contribution is 2.34. The zero-order valence-corrected chi connectivity index (χ0v) is 22.9. The maximum absolute atomic E-state index is 13.6. The van der Waals surface area contributed by atoms with Gasteiger partial charge in [-0.05, 0) is 64.9 Å². The Hall–Kier alpha value is -3.19. The third-order valence-corrected chi connectivity index (χ3v) is 7.59. The van der Waals surface area contributed by atoms with Gasteiger partial charge in [-0.15, -0.1) is 11.3 Å². The molecule has 0 radical (unpaired) electrons. The highest BCUT2D eigenvalue weighted by molar-refractivity contribution is 7.09. The Balaban J connectivity index is 1.54. The number of thiophene rings is 1. The van der Waals surface area contributed by atoms with Gasteiger partial charge in [0, 0.05) is 23.2 Å². The lowest BCUT2D eigenvalue weighted by atomic mass is 9.93. The van der Waals surface area contributed by atoms with E-state index in [0.29, 0.717) is 13.1 Å². The smallest absolute Gasteiger partial charge is 0.322 e. The van der Waals surface area contributed by atoms with E-state index < -0.39 is 0 Å². The number of halogens is 1. The van der Waals surface area contributed by atoms with Crippen LogP contribution in [-0.4, -0.2) is 34.3 Å². The summed E-state index contributed by atoms with van der Waals surface area (Å²) in [7, 11) is 0. The fourth-order valence-corrected chi connectivity index (χ4v) is 5.23. The molecule has 2 aromatic carbocycles. The average molecular weight is 522 g/mol. The van der Waals surface area contributed by atoms with Gasteiger partial charge in [-0.1, -0.05) is 64.1 Å². The van der Waals surface area contributed by atoms with E-state index in [-0.39, 0.29) is 42.2 Å². The highest BCUT2D eigenvalue weighted by atomic mass is 32.1. The van der Waals surface area contributed by atoms with Crippen molar-refractivity contribution >= 4 is 29.0 Å². The molecule has 37 heavy (non-hydrogen) atoms. The largest absolute Gasteiger partial charge is 0.332 e. The van der Waals surface area contributed by atoms with Crippen LogP contribution in [0.4, 0.5) is 14.9 Å². The van der Waals surface area contributed by atoms with Crippen LogP contribution in [0.3, 0.4) is 0 Å². The number of carbonyl (C=O) groups excluding carboxylic acids is 2.